The van der Waals surface area contributed by atoms with Crippen LogP contribution in [0.25, 0.3) is 0 Å². The molecule has 0 fully saturated rings. The molecule has 0 spiro atoms. The lowest BCUT2D eigenvalue weighted by molar-refractivity contribution is -0.597. The number of hydrogen-bond donors (Lipinski definition) is 1. The molecule has 0 atom stereocenters. The first-order valence-corrected chi connectivity index (χ1v) is 5.18. The summed E-state index contributed by atoms with van der Waals surface area (Å²) in [5.74, 6) is 0. The molecule has 74 valence electrons. The Morgan fingerprint density at radius 1 is 1.15 bits per heavy atom. The fraction of sp³-hybridized carbons (Fsp3) is 0.250. The minimum atomic E-state index is -4.25. The Balaban J connectivity index is 0.000000424. The van der Waals surface area contributed by atoms with Gasteiger partial charge in [-0.1, -0.05) is 18.2 Å². The van der Waals surface area contributed by atoms with E-state index in [9.17, 15) is 13.0 Å². The van der Waals surface area contributed by atoms with Gasteiger partial charge in [0, 0.05) is 0 Å². The standard InChI is InChI=1S/C6H6O3S.C2H7N/c7-10(8,9)6-4-2-1-3-5-6;1-3-2/h1-5H,(H,7,8,9);3H,1-2H3. The number of hydrogen-bond acceptors (Lipinski definition) is 3. The van der Waals surface area contributed by atoms with E-state index in [0.717, 1.165) is 0 Å². The molecule has 0 aliphatic heterocycles. The maximum Gasteiger partial charge on any atom is 0.124 e. The number of rotatable bonds is 1. The average Bonchev–Trinajstić information content (AvgIpc) is 2.06. The van der Waals surface area contributed by atoms with E-state index in [0.29, 0.717) is 0 Å². The number of benzene rings is 1. The Bertz CT molecular complexity index is 321. The van der Waals surface area contributed by atoms with E-state index in [1.54, 1.807) is 6.07 Å². The van der Waals surface area contributed by atoms with Crippen molar-refractivity contribution in [3.63, 3.8) is 0 Å². The topological polar surface area (TPSA) is 73.8 Å². The fourth-order valence-corrected chi connectivity index (χ4v) is 1.08. The van der Waals surface area contributed by atoms with Crippen LogP contribution in [0, 0.1) is 0 Å². The summed E-state index contributed by atoms with van der Waals surface area (Å²) < 4.78 is 30.8. The maximum absolute atomic E-state index is 10.3. The highest BCUT2D eigenvalue weighted by atomic mass is 32.2. The van der Waals surface area contributed by atoms with Gasteiger partial charge in [0.2, 0.25) is 0 Å². The van der Waals surface area contributed by atoms with Crippen molar-refractivity contribution in [3.05, 3.63) is 30.3 Å². The van der Waals surface area contributed by atoms with Gasteiger partial charge in [0.05, 0.1) is 19.0 Å². The molecular weight excluding hydrogens is 190 g/mol. The van der Waals surface area contributed by atoms with E-state index in [1.165, 1.54) is 24.3 Å². The van der Waals surface area contributed by atoms with E-state index in [4.69, 9.17) is 0 Å². The third-order valence-electron chi connectivity index (χ3n) is 1.03. The Kier molecular flexibility index (Phi) is 5.29. The lowest BCUT2D eigenvalue weighted by atomic mass is 10.4. The van der Waals surface area contributed by atoms with Crippen LogP contribution < -0.4 is 5.32 Å². The second kappa shape index (κ2) is 5.69. The molecule has 0 unspecified atom stereocenters. The summed E-state index contributed by atoms with van der Waals surface area (Å²) in [7, 11) is -0.253. The van der Waals surface area contributed by atoms with Crippen molar-refractivity contribution in [2.75, 3.05) is 14.1 Å². The van der Waals surface area contributed by atoms with Gasteiger partial charge in [-0.15, -0.1) is 0 Å². The van der Waals surface area contributed by atoms with E-state index in [2.05, 4.69) is 0 Å². The number of quaternary nitrogens is 1. The molecule has 4 nitrogen and oxygen atoms in total. The van der Waals surface area contributed by atoms with Gasteiger partial charge in [0.1, 0.15) is 10.1 Å². The molecule has 0 saturated carbocycles. The Morgan fingerprint density at radius 2 is 1.54 bits per heavy atom. The molecule has 1 aromatic rings. The van der Waals surface area contributed by atoms with E-state index >= 15 is 0 Å². The molecule has 0 aliphatic carbocycles. The lowest BCUT2D eigenvalue weighted by Crippen LogP contribution is -2.74. The van der Waals surface area contributed by atoms with Crippen molar-refractivity contribution in [3.8, 4) is 0 Å². The zero-order valence-corrected chi connectivity index (χ0v) is 8.41. The normalized spacial score (nSPS) is 10.1. The van der Waals surface area contributed by atoms with Crippen LogP contribution in [-0.2, 0) is 10.1 Å². The highest BCUT2D eigenvalue weighted by Crippen LogP contribution is 2.04. The second-order valence-corrected chi connectivity index (χ2v) is 3.72. The van der Waals surface area contributed by atoms with Crippen molar-refractivity contribution in [1.29, 1.82) is 0 Å². The van der Waals surface area contributed by atoms with Gasteiger partial charge in [0.25, 0.3) is 0 Å². The molecule has 0 bridgehead atoms. The summed E-state index contributed by atoms with van der Waals surface area (Å²) in [6, 6.07) is 7.19. The summed E-state index contributed by atoms with van der Waals surface area (Å²) in [4.78, 5) is -0.185. The van der Waals surface area contributed by atoms with Crippen LogP contribution in [-0.4, -0.2) is 27.1 Å². The fourth-order valence-electron chi connectivity index (χ4n) is 0.587. The molecule has 0 aromatic heterocycles. The smallest absolute Gasteiger partial charge is 0.124 e. The van der Waals surface area contributed by atoms with Gasteiger partial charge in [0.15, 0.2) is 0 Å². The summed E-state index contributed by atoms with van der Waals surface area (Å²) in [5.41, 5.74) is 0. The van der Waals surface area contributed by atoms with Crippen molar-refractivity contribution in [1.82, 2.24) is 0 Å². The first-order chi connectivity index (χ1) is 6.02. The Morgan fingerprint density at radius 3 is 1.77 bits per heavy atom. The molecule has 0 heterocycles. The molecule has 0 radical (unpaired) electrons. The van der Waals surface area contributed by atoms with Crippen molar-refractivity contribution in [2.45, 2.75) is 4.90 Å². The minimum Gasteiger partial charge on any atom is -0.744 e. The molecule has 0 saturated heterocycles. The van der Waals surface area contributed by atoms with Crippen LogP contribution in [0.1, 0.15) is 0 Å². The molecule has 2 N–H and O–H groups in total. The van der Waals surface area contributed by atoms with Crippen LogP contribution in [0.3, 0.4) is 0 Å². The third kappa shape index (κ3) is 5.35. The highest BCUT2D eigenvalue weighted by molar-refractivity contribution is 7.85. The van der Waals surface area contributed by atoms with Crippen molar-refractivity contribution >= 4 is 10.1 Å². The zero-order valence-electron chi connectivity index (χ0n) is 7.60. The highest BCUT2D eigenvalue weighted by Gasteiger charge is 1.95. The maximum atomic E-state index is 10.3. The van der Waals surface area contributed by atoms with Gasteiger partial charge in [-0.2, -0.15) is 0 Å². The predicted octanol–water partition coefficient (Wildman–Crippen LogP) is -0.600. The molecule has 0 aliphatic rings. The largest absolute Gasteiger partial charge is 0.744 e. The minimum absolute atomic E-state index is 0.185. The van der Waals surface area contributed by atoms with E-state index in [-0.39, 0.29) is 4.90 Å². The first kappa shape index (κ1) is 12.1. The van der Waals surface area contributed by atoms with Gasteiger partial charge >= 0.3 is 0 Å². The summed E-state index contributed by atoms with van der Waals surface area (Å²) >= 11 is 0. The lowest BCUT2D eigenvalue weighted by Gasteiger charge is -2.04. The molecule has 1 aromatic carbocycles. The predicted molar refractivity (Wildman–Crippen MR) is 48.2 cm³/mol. The molecule has 5 heteroatoms. The molecular formula is C8H13NO3S. The zero-order chi connectivity index (χ0) is 10.3. The van der Waals surface area contributed by atoms with Crippen LogP contribution in [0.5, 0.6) is 0 Å². The Hall–Kier alpha value is -0.910. The Labute approximate surface area is 78.3 Å². The second-order valence-electron chi connectivity index (χ2n) is 2.34. The summed E-state index contributed by atoms with van der Waals surface area (Å²) in [6.45, 7) is 0. The van der Waals surface area contributed by atoms with Crippen molar-refractivity contribution in [2.24, 2.45) is 0 Å². The van der Waals surface area contributed by atoms with Crippen LogP contribution in [0.15, 0.2) is 35.2 Å². The quantitative estimate of drug-likeness (QED) is 0.619. The van der Waals surface area contributed by atoms with Crippen LogP contribution >= 0.6 is 0 Å². The third-order valence-corrected chi connectivity index (χ3v) is 1.88. The SMILES string of the molecule is C[NH2+]C.O=S(=O)([O-])c1ccccc1. The average molecular weight is 203 g/mol. The summed E-state index contributed by atoms with van der Waals surface area (Å²) in [6.07, 6.45) is 0. The number of nitrogens with two attached hydrogens (primary N) is 1. The summed E-state index contributed by atoms with van der Waals surface area (Å²) in [5, 5.41) is 2.00. The van der Waals surface area contributed by atoms with Gasteiger partial charge in [-0.05, 0) is 12.1 Å². The van der Waals surface area contributed by atoms with Crippen molar-refractivity contribution < 1.29 is 18.3 Å². The molecule has 0 amide bonds. The monoisotopic (exact) mass is 203 g/mol. The van der Waals surface area contributed by atoms with E-state index in [1.807, 2.05) is 19.4 Å². The van der Waals surface area contributed by atoms with Crippen LogP contribution in [0.4, 0.5) is 0 Å². The van der Waals surface area contributed by atoms with E-state index < -0.39 is 10.1 Å². The molecule has 13 heavy (non-hydrogen) atoms. The van der Waals surface area contributed by atoms with Crippen LogP contribution in [0.2, 0.25) is 0 Å². The van der Waals surface area contributed by atoms with Gasteiger partial charge in [-0.3, -0.25) is 0 Å². The van der Waals surface area contributed by atoms with Gasteiger partial charge in [-0.25, -0.2) is 8.42 Å². The van der Waals surface area contributed by atoms with Gasteiger partial charge < -0.3 is 9.87 Å². The first-order valence-electron chi connectivity index (χ1n) is 3.77. The molecule has 1 rings (SSSR count).